The maximum atomic E-state index is 11.2. The quantitative estimate of drug-likeness (QED) is 0.822. The number of aromatic nitrogens is 2. The van der Waals surface area contributed by atoms with Gasteiger partial charge in [0.05, 0.1) is 5.52 Å². The van der Waals surface area contributed by atoms with Gasteiger partial charge in [-0.05, 0) is 18.2 Å². The Hall–Kier alpha value is -1.55. The molecule has 78 valence electrons. The van der Waals surface area contributed by atoms with Gasteiger partial charge in [0.2, 0.25) is 5.91 Å². The Morgan fingerprint density at radius 1 is 1.60 bits per heavy atom. The van der Waals surface area contributed by atoms with E-state index in [9.17, 15) is 4.79 Å². The lowest BCUT2D eigenvalue weighted by Gasteiger charge is -1.98. The van der Waals surface area contributed by atoms with Gasteiger partial charge >= 0.3 is 0 Å². The summed E-state index contributed by atoms with van der Waals surface area (Å²) >= 11 is 5.83. The van der Waals surface area contributed by atoms with Gasteiger partial charge in [-0.25, -0.2) is 0 Å². The SMILES string of the molecule is CCC(=O)Nc1n[nH]c2cc(Cl)ccc12. The molecule has 0 saturated heterocycles. The Labute approximate surface area is 91.6 Å². The van der Waals surface area contributed by atoms with Crippen LogP contribution in [0.2, 0.25) is 5.02 Å². The summed E-state index contributed by atoms with van der Waals surface area (Å²) in [6.45, 7) is 1.79. The Bertz CT molecular complexity index is 506. The van der Waals surface area contributed by atoms with Crippen molar-refractivity contribution in [2.45, 2.75) is 13.3 Å². The monoisotopic (exact) mass is 223 g/mol. The molecule has 0 aliphatic rings. The first-order chi connectivity index (χ1) is 7.20. The fourth-order valence-electron chi connectivity index (χ4n) is 1.31. The first-order valence-electron chi connectivity index (χ1n) is 4.64. The van der Waals surface area contributed by atoms with Crippen molar-refractivity contribution >= 4 is 34.2 Å². The predicted molar refractivity (Wildman–Crippen MR) is 60.0 cm³/mol. The number of halogens is 1. The van der Waals surface area contributed by atoms with E-state index in [4.69, 9.17) is 11.6 Å². The van der Waals surface area contributed by atoms with Crippen LogP contribution >= 0.6 is 11.6 Å². The van der Waals surface area contributed by atoms with Crippen molar-refractivity contribution in [3.63, 3.8) is 0 Å². The number of hydrogen-bond acceptors (Lipinski definition) is 2. The molecule has 4 nitrogen and oxygen atoms in total. The summed E-state index contributed by atoms with van der Waals surface area (Å²) in [5, 5.41) is 11.0. The average molecular weight is 224 g/mol. The van der Waals surface area contributed by atoms with Crippen LogP contribution in [0.3, 0.4) is 0 Å². The van der Waals surface area contributed by atoms with Crippen LogP contribution in [0.5, 0.6) is 0 Å². The highest BCUT2D eigenvalue weighted by atomic mass is 35.5. The normalized spacial score (nSPS) is 10.5. The second-order valence-corrected chi connectivity index (χ2v) is 3.60. The molecule has 1 aromatic heterocycles. The van der Waals surface area contributed by atoms with E-state index in [1.165, 1.54) is 0 Å². The van der Waals surface area contributed by atoms with E-state index < -0.39 is 0 Å². The van der Waals surface area contributed by atoms with Gasteiger partial charge in [0.25, 0.3) is 0 Å². The molecule has 0 aliphatic heterocycles. The third kappa shape index (κ3) is 1.94. The summed E-state index contributed by atoms with van der Waals surface area (Å²) in [7, 11) is 0. The molecule has 1 aromatic carbocycles. The number of benzene rings is 1. The predicted octanol–water partition coefficient (Wildman–Crippen LogP) is 2.56. The highest BCUT2D eigenvalue weighted by molar-refractivity contribution is 6.31. The van der Waals surface area contributed by atoms with E-state index in [2.05, 4.69) is 15.5 Å². The van der Waals surface area contributed by atoms with Gasteiger partial charge in [-0.1, -0.05) is 18.5 Å². The van der Waals surface area contributed by atoms with Gasteiger partial charge in [0, 0.05) is 16.8 Å². The molecule has 0 radical (unpaired) electrons. The van der Waals surface area contributed by atoms with E-state index in [1.807, 2.05) is 6.07 Å². The van der Waals surface area contributed by atoms with Crippen molar-refractivity contribution in [1.29, 1.82) is 0 Å². The van der Waals surface area contributed by atoms with Crippen molar-refractivity contribution < 1.29 is 4.79 Å². The minimum atomic E-state index is -0.0571. The fraction of sp³-hybridized carbons (Fsp3) is 0.200. The molecule has 15 heavy (non-hydrogen) atoms. The summed E-state index contributed by atoms with van der Waals surface area (Å²) in [5.74, 6) is 0.492. The second kappa shape index (κ2) is 3.90. The van der Waals surface area contributed by atoms with E-state index in [0.717, 1.165) is 10.9 Å². The summed E-state index contributed by atoms with van der Waals surface area (Å²) in [5.41, 5.74) is 0.814. The van der Waals surface area contributed by atoms with E-state index >= 15 is 0 Å². The average Bonchev–Trinajstić information content (AvgIpc) is 2.60. The molecule has 0 spiro atoms. The highest BCUT2D eigenvalue weighted by Crippen LogP contribution is 2.23. The second-order valence-electron chi connectivity index (χ2n) is 3.16. The molecule has 2 aromatic rings. The number of carbonyl (C=O) groups is 1. The molecule has 0 aliphatic carbocycles. The molecule has 0 saturated carbocycles. The van der Waals surface area contributed by atoms with Gasteiger partial charge < -0.3 is 5.32 Å². The zero-order valence-corrected chi connectivity index (χ0v) is 8.93. The van der Waals surface area contributed by atoms with E-state index in [0.29, 0.717) is 17.3 Å². The molecule has 0 fully saturated rings. The first-order valence-corrected chi connectivity index (χ1v) is 5.02. The Morgan fingerprint density at radius 3 is 3.13 bits per heavy atom. The molecule has 0 atom stereocenters. The minimum absolute atomic E-state index is 0.0571. The Morgan fingerprint density at radius 2 is 2.40 bits per heavy atom. The van der Waals surface area contributed by atoms with Crippen LogP contribution in [0.1, 0.15) is 13.3 Å². The van der Waals surface area contributed by atoms with Crippen LogP contribution in [-0.2, 0) is 4.79 Å². The fourth-order valence-corrected chi connectivity index (χ4v) is 1.48. The summed E-state index contributed by atoms with van der Waals surface area (Å²) in [6, 6.07) is 5.36. The number of nitrogens with one attached hydrogen (secondary N) is 2. The third-order valence-corrected chi connectivity index (χ3v) is 2.34. The number of hydrogen-bond donors (Lipinski definition) is 2. The van der Waals surface area contributed by atoms with Crippen LogP contribution in [0, 0.1) is 0 Å². The van der Waals surface area contributed by atoms with Crippen molar-refractivity contribution in [2.75, 3.05) is 5.32 Å². The number of nitrogens with zero attached hydrogens (tertiary/aromatic N) is 1. The van der Waals surface area contributed by atoms with E-state index in [-0.39, 0.29) is 5.91 Å². The minimum Gasteiger partial charge on any atom is -0.309 e. The van der Waals surface area contributed by atoms with Crippen molar-refractivity contribution in [2.24, 2.45) is 0 Å². The number of fused-ring (bicyclic) bond motifs is 1. The molecular formula is C10H10ClN3O. The maximum absolute atomic E-state index is 11.2. The van der Waals surface area contributed by atoms with Crippen LogP contribution in [0.4, 0.5) is 5.82 Å². The van der Waals surface area contributed by atoms with Gasteiger partial charge in [-0.2, -0.15) is 5.10 Å². The first kappa shape index (κ1) is 9.98. The lowest BCUT2D eigenvalue weighted by molar-refractivity contribution is -0.115. The number of amides is 1. The number of H-pyrrole nitrogens is 1. The smallest absolute Gasteiger partial charge is 0.225 e. The van der Waals surface area contributed by atoms with Crippen molar-refractivity contribution in [3.05, 3.63) is 23.2 Å². The molecule has 0 unspecified atom stereocenters. The van der Waals surface area contributed by atoms with Gasteiger partial charge in [0.15, 0.2) is 5.82 Å². The Kier molecular flexibility index (Phi) is 2.60. The molecule has 5 heteroatoms. The zero-order chi connectivity index (χ0) is 10.8. The number of aromatic amines is 1. The zero-order valence-electron chi connectivity index (χ0n) is 8.17. The standard InChI is InChI=1S/C10H10ClN3O/c1-2-9(15)12-10-7-4-3-6(11)5-8(7)13-14-10/h3-5H,2H2,1H3,(H2,12,13,14,15). The van der Waals surface area contributed by atoms with Gasteiger partial charge in [-0.3, -0.25) is 9.89 Å². The van der Waals surface area contributed by atoms with Crippen LogP contribution < -0.4 is 5.32 Å². The number of rotatable bonds is 2. The third-order valence-electron chi connectivity index (χ3n) is 2.10. The maximum Gasteiger partial charge on any atom is 0.225 e. The molecule has 1 heterocycles. The highest BCUT2D eigenvalue weighted by Gasteiger charge is 2.07. The molecule has 0 bridgehead atoms. The number of anilines is 1. The lowest BCUT2D eigenvalue weighted by atomic mass is 10.2. The molecule has 1 amide bonds. The van der Waals surface area contributed by atoms with Crippen LogP contribution in [-0.4, -0.2) is 16.1 Å². The molecule has 2 N–H and O–H groups in total. The van der Waals surface area contributed by atoms with Gasteiger partial charge in [0.1, 0.15) is 0 Å². The Balaban J connectivity index is 2.41. The summed E-state index contributed by atoms with van der Waals surface area (Å²) < 4.78 is 0. The van der Waals surface area contributed by atoms with Crippen LogP contribution in [0.25, 0.3) is 10.9 Å². The van der Waals surface area contributed by atoms with Crippen molar-refractivity contribution in [1.82, 2.24) is 10.2 Å². The van der Waals surface area contributed by atoms with E-state index in [1.54, 1.807) is 19.1 Å². The topological polar surface area (TPSA) is 57.8 Å². The lowest BCUT2D eigenvalue weighted by Crippen LogP contribution is -2.09. The largest absolute Gasteiger partial charge is 0.309 e. The summed E-state index contributed by atoms with van der Waals surface area (Å²) in [6.07, 6.45) is 0.432. The summed E-state index contributed by atoms with van der Waals surface area (Å²) in [4.78, 5) is 11.2. The van der Waals surface area contributed by atoms with Gasteiger partial charge in [-0.15, -0.1) is 0 Å². The molecule has 2 rings (SSSR count). The van der Waals surface area contributed by atoms with Crippen LogP contribution in [0.15, 0.2) is 18.2 Å². The molecular weight excluding hydrogens is 214 g/mol. The number of carbonyl (C=O) groups excluding carboxylic acids is 1. The van der Waals surface area contributed by atoms with Crippen molar-refractivity contribution in [3.8, 4) is 0 Å².